The smallest absolute Gasteiger partial charge is 0.133 e. The minimum Gasteiger partial charge on any atom is -0.496 e. The molecule has 82 valence electrons. The average Bonchev–Trinajstić information content (AvgIpc) is 2.16. The van der Waals surface area contributed by atoms with E-state index in [1.54, 1.807) is 7.11 Å². The Balaban J connectivity index is 2.87. The van der Waals surface area contributed by atoms with Gasteiger partial charge in [-0.25, -0.2) is 0 Å². The van der Waals surface area contributed by atoms with E-state index in [2.05, 4.69) is 22.9 Å². The number of methoxy groups -OCH3 is 1. The number of rotatable bonds is 4. The highest BCUT2D eigenvalue weighted by Gasteiger charge is 2.09. The van der Waals surface area contributed by atoms with Crippen molar-refractivity contribution in [1.29, 1.82) is 0 Å². The molecular weight excluding hydrogens is 274 g/mol. The van der Waals surface area contributed by atoms with Gasteiger partial charge in [-0.15, -0.1) is 0 Å². The Bertz CT molecular complexity index is 368. The fourth-order valence-corrected chi connectivity index (χ4v) is 2.22. The van der Waals surface area contributed by atoms with E-state index in [0.717, 1.165) is 16.6 Å². The van der Waals surface area contributed by atoms with Crippen LogP contribution < -0.4 is 10.5 Å². The first kappa shape index (κ1) is 12.5. The summed E-state index contributed by atoms with van der Waals surface area (Å²) in [5, 5.41) is 0. The standard InChI is InChI=1S/C11H14BrNOS/c1-7(5-11(13)15)8-3-4-10(14-2)9(12)6-8/h3-4,6-7H,5H2,1-2H3,(H2,13,15). The second kappa shape index (κ2) is 5.47. The molecule has 0 aliphatic rings. The topological polar surface area (TPSA) is 35.2 Å². The first-order valence-corrected chi connectivity index (χ1v) is 5.86. The molecule has 0 aliphatic heterocycles. The molecular formula is C11H14BrNOS. The first-order valence-electron chi connectivity index (χ1n) is 4.66. The van der Waals surface area contributed by atoms with Gasteiger partial charge < -0.3 is 10.5 Å². The van der Waals surface area contributed by atoms with Gasteiger partial charge in [-0.2, -0.15) is 0 Å². The predicted molar refractivity (Wildman–Crippen MR) is 70.5 cm³/mol. The lowest BCUT2D eigenvalue weighted by Gasteiger charge is -2.12. The molecule has 0 bridgehead atoms. The van der Waals surface area contributed by atoms with Crippen LogP contribution in [0.15, 0.2) is 22.7 Å². The molecule has 2 nitrogen and oxygen atoms in total. The largest absolute Gasteiger partial charge is 0.496 e. The Hall–Kier alpha value is -0.610. The number of halogens is 1. The molecule has 0 fully saturated rings. The maximum absolute atomic E-state index is 5.52. The van der Waals surface area contributed by atoms with Gasteiger partial charge in [0.15, 0.2) is 0 Å². The number of thiocarbonyl (C=S) groups is 1. The van der Waals surface area contributed by atoms with E-state index < -0.39 is 0 Å². The lowest BCUT2D eigenvalue weighted by atomic mass is 9.98. The predicted octanol–water partition coefficient (Wildman–Crippen LogP) is 3.24. The molecule has 1 rings (SSSR count). The summed E-state index contributed by atoms with van der Waals surface area (Å²) < 4.78 is 6.12. The maximum Gasteiger partial charge on any atom is 0.133 e. The van der Waals surface area contributed by atoms with Gasteiger partial charge in [0, 0.05) is 6.42 Å². The zero-order chi connectivity index (χ0) is 11.4. The lowest BCUT2D eigenvalue weighted by molar-refractivity contribution is 0.412. The summed E-state index contributed by atoms with van der Waals surface area (Å²) in [7, 11) is 1.65. The van der Waals surface area contributed by atoms with Crippen molar-refractivity contribution in [2.24, 2.45) is 5.73 Å². The first-order chi connectivity index (χ1) is 7.04. The highest BCUT2D eigenvalue weighted by Crippen LogP contribution is 2.29. The molecule has 15 heavy (non-hydrogen) atoms. The summed E-state index contributed by atoms with van der Waals surface area (Å²) >= 11 is 8.35. The van der Waals surface area contributed by atoms with Crippen LogP contribution in [0.3, 0.4) is 0 Å². The fourth-order valence-electron chi connectivity index (χ4n) is 1.41. The van der Waals surface area contributed by atoms with Gasteiger partial charge in [-0.05, 0) is 39.5 Å². The Kier molecular flexibility index (Phi) is 4.54. The maximum atomic E-state index is 5.52. The molecule has 0 saturated heterocycles. The molecule has 0 saturated carbocycles. The monoisotopic (exact) mass is 287 g/mol. The van der Waals surface area contributed by atoms with Crippen molar-refractivity contribution >= 4 is 33.1 Å². The summed E-state index contributed by atoms with van der Waals surface area (Å²) in [4.78, 5) is 0.550. The van der Waals surface area contributed by atoms with Crippen LogP contribution in [0.5, 0.6) is 5.75 Å². The van der Waals surface area contributed by atoms with Gasteiger partial charge in [0.2, 0.25) is 0 Å². The van der Waals surface area contributed by atoms with Gasteiger partial charge in [0.25, 0.3) is 0 Å². The van der Waals surface area contributed by atoms with E-state index in [-0.39, 0.29) is 0 Å². The molecule has 2 N–H and O–H groups in total. The molecule has 0 spiro atoms. The van der Waals surface area contributed by atoms with Crippen molar-refractivity contribution in [3.63, 3.8) is 0 Å². The van der Waals surface area contributed by atoms with Crippen molar-refractivity contribution in [2.75, 3.05) is 7.11 Å². The van der Waals surface area contributed by atoms with Crippen LogP contribution in [0.2, 0.25) is 0 Å². The molecule has 0 amide bonds. The molecule has 1 unspecified atom stereocenters. The Morgan fingerprint density at radius 2 is 2.27 bits per heavy atom. The number of benzene rings is 1. The number of ether oxygens (including phenoxy) is 1. The van der Waals surface area contributed by atoms with Crippen LogP contribution in [-0.2, 0) is 0 Å². The second-order valence-electron chi connectivity index (χ2n) is 3.47. The van der Waals surface area contributed by atoms with Crippen molar-refractivity contribution in [3.05, 3.63) is 28.2 Å². The Labute approximate surface area is 104 Å². The zero-order valence-electron chi connectivity index (χ0n) is 8.79. The summed E-state index contributed by atoms with van der Waals surface area (Å²) in [5.41, 5.74) is 6.72. The quantitative estimate of drug-likeness (QED) is 0.864. The second-order valence-corrected chi connectivity index (χ2v) is 4.84. The average molecular weight is 288 g/mol. The van der Waals surface area contributed by atoms with Gasteiger partial charge >= 0.3 is 0 Å². The van der Waals surface area contributed by atoms with E-state index in [1.165, 1.54) is 5.56 Å². The van der Waals surface area contributed by atoms with Crippen LogP contribution >= 0.6 is 28.1 Å². The van der Waals surface area contributed by atoms with Gasteiger partial charge in [-0.1, -0.05) is 25.2 Å². The van der Waals surface area contributed by atoms with Gasteiger partial charge in [-0.3, -0.25) is 0 Å². The molecule has 0 aliphatic carbocycles. The van der Waals surface area contributed by atoms with Crippen molar-refractivity contribution in [1.82, 2.24) is 0 Å². The van der Waals surface area contributed by atoms with E-state index in [0.29, 0.717) is 10.9 Å². The third-order valence-electron chi connectivity index (χ3n) is 2.25. The van der Waals surface area contributed by atoms with Crippen LogP contribution in [0.4, 0.5) is 0 Å². The highest BCUT2D eigenvalue weighted by atomic mass is 79.9. The van der Waals surface area contributed by atoms with Crippen LogP contribution in [0.1, 0.15) is 24.8 Å². The summed E-state index contributed by atoms with van der Waals surface area (Å²) in [6.07, 6.45) is 0.730. The Morgan fingerprint density at radius 1 is 1.60 bits per heavy atom. The van der Waals surface area contributed by atoms with E-state index in [1.807, 2.05) is 18.2 Å². The third kappa shape index (κ3) is 3.47. The van der Waals surface area contributed by atoms with E-state index in [4.69, 9.17) is 22.7 Å². The van der Waals surface area contributed by atoms with E-state index in [9.17, 15) is 0 Å². The lowest BCUT2D eigenvalue weighted by Crippen LogP contribution is -2.11. The normalized spacial score (nSPS) is 12.2. The van der Waals surface area contributed by atoms with Crippen LogP contribution in [0, 0.1) is 0 Å². The third-order valence-corrected chi connectivity index (χ3v) is 3.04. The zero-order valence-corrected chi connectivity index (χ0v) is 11.2. The summed E-state index contributed by atoms with van der Waals surface area (Å²) in [5.74, 6) is 1.17. The minimum atomic E-state index is 0.338. The minimum absolute atomic E-state index is 0.338. The number of nitrogens with two attached hydrogens (primary N) is 1. The number of hydrogen-bond acceptors (Lipinski definition) is 2. The van der Waals surface area contributed by atoms with Crippen molar-refractivity contribution in [3.8, 4) is 5.75 Å². The molecule has 1 atom stereocenters. The number of hydrogen-bond donors (Lipinski definition) is 1. The summed E-state index contributed by atoms with van der Waals surface area (Å²) in [6.45, 7) is 2.10. The SMILES string of the molecule is COc1ccc(C(C)CC(N)=S)cc1Br. The van der Waals surface area contributed by atoms with Gasteiger partial charge in [0.1, 0.15) is 5.75 Å². The van der Waals surface area contributed by atoms with Crippen molar-refractivity contribution < 1.29 is 4.74 Å². The van der Waals surface area contributed by atoms with E-state index >= 15 is 0 Å². The van der Waals surface area contributed by atoms with Crippen molar-refractivity contribution in [2.45, 2.75) is 19.3 Å². The molecule has 0 aromatic heterocycles. The molecule has 0 radical (unpaired) electrons. The molecule has 0 heterocycles. The summed E-state index contributed by atoms with van der Waals surface area (Å²) in [6, 6.07) is 6.02. The highest BCUT2D eigenvalue weighted by molar-refractivity contribution is 9.10. The fraction of sp³-hybridized carbons (Fsp3) is 0.364. The molecule has 1 aromatic rings. The molecule has 4 heteroatoms. The van der Waals surface area contributed by atoms with Gasteiger partial charge in [0.05, 0.1) is 16.6 Å². The van der Waals surface area contributed by atoms with Crippen LogP contribution in [-0.4, -0.2) is 12.1 Å². The van der Waals surface area contributed by atoms with Crippen LogP contribution in [0.25, 0.3) is 0 Å². The molecule has 1 aromatic carbocycles. The Morgan fingerprint density at radius 3 is 2.73 bits per heavy atom.